The van der Waals surface area contributed by atoms with Gasteiger partial charge < -0.3 is 5.32 Å². The van der Waals surface area contributed by atoms with E-state index in [4.69, 9.17) is 0 Å². The number of benzene rings is 1. The maximum atomic E-state index is 12.0. The number of carbonyl (C=O) groups excluding carboxylic acids is 3. The van der Waals surface area contributed by atoms with E-state index in [0.29, 0.717) is 0 Å². The lowest BCUT2D eigenvalue weighted by atomic mass is 9.77. The third-order valence-electron chi connectivity index (χ3n) is 3.37. The van der Waals surface area contributed by atoms with E-state index in [9.17, 15) is 24.5 Å². The van der Waals surface area contributed by atoms with Crippen LogP contribution in [0.2, 0.25) is 0 Å². The standard InChI is InChI=1S/C13H13N3O5/c1-6(17)14-8-5-4-7-9(10(8)16(20)21)11(18)15-12(19)13(7,2)3/h4-5H,1-3H3,(H,14,17)(H,15,18,19). The van der Waals surface area contributed by atoms with Gasteiger partial charge in [0, 0.05) is 6.92 Å². The molecule has 0 atom stereocenters. The van der Waals surface area contributed by atoms with Crippen molar-refractivity contribution < 1.29 is 19.3 Å². The second kappa shape index (κ2) is 4.65. The molecule has 21 heavy (non-hydrogen) atoms. The van der Waals surface area contributed by atoms with Crippen LogP contribution in [-0.4, -0.2) is 22.6 Å². The SMILES string of the molecule is CC(=O)Nc1ccc2c(c1[N+](=O)[O-])C(=O)NC(=O)C2(C)C. The molecule has 0 saturated heterocycles. The van der Waals surface area contributed by atoms with E-state index < -0.39 is 33.7 Å². The van der Waals surface area contributed by atoms with Gasteiger partial charge in [-0.25, -0.2) is 0 Å². The van der Waals surface area contributed by atoms with Crippen molar-refractivity contribution in [2.75, 3.05) is 5.32 Å². The fraction of sp³-hybridized carbons (Fsp3) is 0.308. The minimum absolute atomic E-state index is 0.0773. The highest BCUT2D eigenvalue weighted by Gasteiger charge is 2.43. The topological polar surface area (TPSA) is 118 Å². The van der Waals surface area contributed by atoms with Crippen LogP contribution in [0.5, 0.6) is 0 Å². The fourth-order valence-corrected chi connectivity index (χ4v) is 2.27. The molecule has 110 valence electrons. The van der Waals surface area contributed by atoms with Crippen LogP contribution in [0.1, 0.15) is 36.7 Å². The van der Waals surface area contributed by atoms with Gasteiger partial charge in [0.2, 0.25) is 11.8 Å². The molecule has 0 spiro atoms. The molecule has 0 bridgehead atoms. The maximum Gasteiger partial charge on any atom is 0.305 e. The largest absolute Gasteiger partial charge is 0.321 e. The Hall–Kier alpha value is -2.77. The average Bonchev–Trinajstić information content (AvgIpc) is 2.35. The lowest BCUT2D eigenvalue weighted by Gasteiger charge is -2.30. The third-order valence-corrected chi connectivity index (χ3v) is 3.37. The monoisotopic (exact) mass is 291 g/mol. The Morgan fingerprint density at radius 3 is 2.48 bits per heavy atom. The lowest BCUT2D eigenvalue weighted by molar-refractivity contribution is -0.384. The van der Waals surface area contributed by atoms with Crippen molar-refractivity contribution in [3.05, 3.63) is 33.4 Å². The summed E-state index contributed by atoms with van der Waals surface area (Å²) in [5, 5.41) is 15.7. The highest BCUT2D eigenvalue weighted by Crippen LogP contribution is 2.39. The highest BCUT2D eigenvalue weighted by atomic mass is 16.6. The Labute approximate surface area is 119 Å². The number of nitrogens with one attached hydrogen (secondary N) is 2. The van der Waals surface area contributed by atoms with Crippen molar-refractivity contribution in [1.82, 2.24) is 5.32 Å². The molecule has 0 aromatic heterocycles. The second-order valence-corrected chi connectivity index (χ2v) is 5.23. The first-order valence-electron chi connectivity index (χ1n) is 6.11. The van der Waals surface area contributed by atoms with Crippen LogP contribution in [-0.2, 0) is 15.0 Å². The number of rotatable bonds is 2. The molecule has 0 unspecified atom stereocenters. The van der Waals surface area contributed by atoms with Gasteiger partial charge in [-0.2, -0.15) is 0 Å². The van der Waals surface area contributed by atoms with Crippen LogP contribution in [0.15, 0.2) is 12.1 Å². The molecule has 0 saturated carbocycles. The predicted molar refractivity (Wildman–Crippen MR) is 72.9 cm³/mol. The Bertz CT molecular complexity index is 693. The van der Waals surface area contributed by atoms with Crippen molar-refractivity contribution in [2.45, 2.75) is 26.2 Å². The molecule has 1 aromatic carbocycles. The molecule has 1 aliphatic heterocycles. The van der Waals surface area contributed by atoms with E-state index >= 15 is 0 Å². The average molecular weight is 291 g/mol. The van der Waals surface area contributed by atoms with Crippen LogP contribution >= 0.6 is 0 Å². The molecule has 0 fully saturated rings. The summed E-state index contributed by atoms with van der Waals surface area (Å²) in [6, 6.07) is 2.77. The number of hydrogen-bond acceptors (Lipinski definition) is 5. The summed E-state index contributed by atoms with van der Waals surface area (Å²) in [7, 11) is 0. The summed E-state index contributed by atoms with van der Waals surface area (Å²) in [4.78, 5) is 45.5. The summed E-state index contributed by atoms with van der Waals surface area (Å²) >= 11 is 0. The van der Waals surface area contributed by atoms with Crippen LogP contribution in [0, 0.1) is 10.1 Å². The summed E-state index contributed by atoms with van der Waals surface area (Å²) < 4.78 is 0. The van der Waals surface area contributed by atoms with Crippen LogP contribution in [0.4, 0.5) is 11.4 Å². The summed E-state index contributed by atoms with van der Waals surface area (Å²) in [6.45, 7) is 4.33. The van der Waals surface area contributed by atoms with Crippen molar-refractivity contribution in [2.24, 2.45) is 0 Å². The van der Waals surface area contributed by atoms with E-state index in [2.05, 4.69) is 10.6 Å². The van der Waals surface area contributed by atoms with Gasteiger partial charge in [-0.1, -0.05) is 6.07 Å². The van der Waals surface area contributed by atoms with Crippen molar-refractivity contribution >= 4 is 29.1 Å². The molecular weight excluding hydrogens is 278 g/mol. The molecule has 8 heteroatoms. The van der Waals surface area contributed by atoms with Crippen LogP contribution in [0.25, 0.3) is 0 Å². The minimum atomic E-state index is -1.08. The van der Waals surface area contributed by atoms with Gasteiger partial charge in [-0.05, 0) is 25.5 Å². The molecule has 1 aliphatic rings. The van der Waals surface area contributed by atoms with Gasteiger partial charge in [0.25, 0.3) is 5.91 Å². The van der Waals surface area contributed by atoms with Crippen molar-refractivity contribution in [1.29, 1.82) is 0 Å². The number of amides is 3. The summed E-state index contributed by atoms with van der Waals surface area (Å²) in [5.74, 6) is -1.86. The third kappa shape index (κ3) is 2.24. The lowest BCUT2D eigenvalue weighted by Crippen LogP contribution is -2.49. The number of nitro groups is 1. The Morgan fingerprint density at radius 1 is 1.33 bits per heavy atom. The number of carbonyl (C=O) groups is 3. The first-order chi connectivity index (χ1) is 9.66. The van der Waals surface area contributed by atoms with Gasteiger partial charge in [0.05, 0.1) is 10.3 Å². The summed E-state index contributed by atoms with van der Waals surface area (Å²) in [5.41, 5.74) is -1.61. The zero-order valence-corrected chi connectivity index (χ0v) is 11.6. The number of fused-ring (bicyclic) bond motifs is 1. The van der Waals surface area contributed by atoms with Gasteiger partial charge in [0.1, 0.15) is 11.3 Å². The molecule has 0 aliphatic carbocycles. The van der Waals surface area contributed by atoms with Gasteiger partial charge >= 0.3 is 5.69 Å². The Kier molecular flexibility index (Phi) is 3.24. The van der Waals surface area contributed by atoms with E-state index in [1.165, 1.54) is 19.1 Å². The van der Waals surface area contributed by atoms with Gasteiger partial charge in [-0.3, -0.25) is 29.8 Å². The number of nitro benzene ring substituents is 1. The van der Waals surface area contributed by atoms with Crippen LogP contribution < -0.4 is 10.6 Å². The zero-order valence-electron chi connectivity index (χ0n) is 11.6. The van der Waals surface area contributed by atoms with E-state index in [1.807, 2.05) is 0 Å². The van der Waals surface area contributed by atoms with E-state index in [0.717, 1.165) is 0 Å². The molecule has 1 heterocycles. The Balaban J connectivity index is 2.79. The van der Waals surface area contributed by atoms with Crippen molar-refractivity contribution in [3.8, 4) is 0 Å². The molecule has 2 N–H and O–H groups in total. The molecule has 8 nitrogen and oxygen atoms in total. The number of nitrogens with zero attached hydrogens (tertiary/aromatic N) is 1. The molecular formula is C13H13N3O5. The minimum Gasteiger partial charge on any atom is -0.321 e. The van der Waals surface area contributed by atoms with Crippen LogP contribution in [0.3, 0.4) is 0 Å². The molecule has 3 amide bonds. The van der Waals surface area contributed by atoms with Gasteiger partial charge in [0.15, 0.2) is 0 Å². The number of hydrogen-bond donors (Lipinski definition) is 2. The fourth-order valence-electron chi connectivity index (χ4n) is 2.27. The zero-order chi connectivity index (χ0) is 15.9. The molecule has 0 radical (unpaired) electrons. The van der Waals surface area contributed by atoms with Gasteiger partial charge in [-0.15, -0.1) is 0 Å². The molecule has 2 rings (SSSR count). The molecule has 1 aromatic rings. The Morgan fingerprint density at radius 2 is 1.95 bits per heavy atom. The van der Waals surface area contributed by atoms with E-state index in [-0.39, 0.29) is 16.8 Å². The quantitative estimate of drug-likeness (QED) is 0.480. The highest BCUT2D eigenvalue weighted by molar-refractivity contribution is 6.16. The number of anilines is 1. The first kappa shape index (κ1) is 14.6. The van der Waals surface area contributed by atoms with Crippen molar-refractivity contribution in [3.63, 3.8) is 0 Å². The first-order valence-corrected chi connectivity index (χ1v) is 6.11. The normalized spacial score (nSPS) is 16.0. The van der Waals surface area contributed by atoms with E-state index in [1.54, 1.807) is 13.8 Å². The summed E-state index contributed by atoms with van der Waals surface area (Å²) in [6.07, 6.45) is 0. The number of imide groups is 1. The second-order valence-electron chi connectivity index (χ2n) is 5.23. The predicted octanol–water partition coefficient (Wildman–Crippen LogP) is 1.10. The maximum absolute atomic E-state index is 12.0. The smallest absolute Gasteiger partial charge is 0.305 e.